The molecule has 0 fully saturated rings. The van der Waals surface area contributed by atoms with Gasteiger partial charge in [-0.05, 0) is 35.4 Å². The number of nitrogens with one attached hydrogen (secondary N) is 1. The normalized spacial score (nSPS) is 10.0. The summed E-state index contributed by atoms with van der Waals surface area (Å²) in [6.45, 7) is 1.44. The quantitative estimate of drug-likeness (QED) is 0.694. The molecular weight excluding hydrogens is 345 g/mol. The molecule has 0 saturated heterocycles. The van der Waals surface area contributed by atoms with Crippen molar-refractivity contribution in [2.75, 3.05) is 0 Å². The molecule has 0 saturated carbocycles. The van der Waals surface area contributed by atoms with Gasteiger partial charge in [0, 0.05) is 30.5 Å². The van der Waals surface area contributed by atoms with Gasteiger partial charge in [-0.25, -0.2) is 9.97 Å². The fourth-order valence-corrected chi connectivity index (χ4v) is 2.35. The second-order valence-corrected chi connectivity index (χ2v) is 5.38. The summed E-state index contributed by atoms with van der Waals surface area (Å²) in [4.78, 5) is 8.10. The molecule has 0 amide bonds. The first-order valence-electron chi connectivity index (χ1n) is 7.29. The number of hydrogen-bond donors (Lipinski definition) is 1. The van der Waals surface area contributed by atoms with Crippen molar-refractivity contribution >= 4 is 24.0 Å². The van der Waals surface area contributed by atoms with Crippen LogP contribution in [-0.2, 0) is 13.1 Å². The number of halogens is 2. The van der Waals surface area contributed by atoms with Gasteiger partial charge < -0.3 is 10.1 Å². The molecule has 124 valence electrons. The third-order valence-corrected chi connectivity index (χ3v) is 3.62. The van der Waals surface area contributed by atoms with Crippen molar-refractivity contribution in [2.24, 2.45) is 0 Å². The van der Waals surface area contributed by atoms with Crippen LogP contribution in [-0.4, -0.2) is 9.97 Å². The number of nitrogens with zero attached hydrogens (tertiary/aromatic N) is 2. The summed E-state index contributed by atoms with van der Waals surface area (Å²) in [6, 6.07) is 17.8. The van der Waals surface area contributed by atoms with Gasteiger partial charge >= 0.3 is 6.01 Å². The van der Waals surface area contributed by atoms with Crippen molar-refractivity contribution in [1.29, 1.82) is 0 Å². The lowest BCUT2D eigenvalue weighted by Crippen LogP contribution is -2.12. The highest BCUT2D eigenvalue weighted by molar-refractivity contribution is 6.31. The molecule has 0 unspecified atom stereocenters. The predicted molar refractivity (Wildman–Crippen MR) is 97.8 cm³/mol. The average molecular weight is 362 g/mol. The number of benzene rings is 2. The van der Waals surface area contributed by atoms with Gasteiger partial charge in [0.2, 0.25) is 0 Å². The van der Waals surface area contributed by atoms with E-state index < -0.39 is 0 Å². The molecule has 0 radical (unpaired) electrons. The monoisotopic (exact) mass is 361 g/mol. The maximum Gasteiger partial charge on any atom is 0.321 e. The Morgan fingerprint density at radius 1 is 0.917 bits per heavy atom. The van der Waals surface area contributed by atoms with Gasteiger partial charge in [-0.2, -0.15) is 0 Å². The third-order valence-electron chi connectivity index (χ3n) is 3.25. The number of rotatable bonds is 6. The Balaban J connectivity index is 0.00000208. The van der Waals surface area contributed by atoms with Crippen LogP contribution in [0.15, 0.2) is 67.0 Å². The summed E-state index contributed by atoms with van der Waals surface area (Å²) in [7, 11) is 0. The van der Waals surface area contributed by atoms with Gasteiger partial charge in [-0.3, -0.25) is 0 Å². The first kappa shape index (κ1) is 18.2. The Kier molecular flexibility index (Phi) is 7.00. The van der Waals surface area contributed by atoms with Gasteiger partial charge in [-0.15, -0.1) is 12.4 Å². The molecule has 6 heteroatoms. The average Bonchev–Trinajstić information content (AvgIpc) is 2.58. The summed E-state index contributed by atoms with van der Waals surface area (Å²) in [6.07, 6.45) is 3.30. The van der Waals surface area contributed by atoms with E-state index in [0.29, 0.717) is 18.3 Å². The molecule has 0 spiro atoms. The summed E-state index contributed by atoms with van der Waals surface area (Å²) in [5.74, 6) is 0.716. The zero-order valence-corrected chi connectivity index (χ0v) is 14.4. The van der Waals surface area contributed by atoms with Crippen LogP contribution >= 0.6 is 24.0 Å². The van der Waals surface area contributed by atoms with E-state index in [1.54, 1.807) is 18.5 Å². The third kappa shape index (κ3) is 5.20. The van der Waals surface area contributed by atoms with E-state index in [2.05, 4.69) is 15.3 Å². The largest absolute Gasteiger partial charge is 0.424 e. The summed E-state index contributed by atoms with van der Waals surface area (Å²) in [5, 5.41) is 4.15. The highest BCUT2D eigenvalue weighted by Gasteiger charge is 2.02. The maximum absolute atomic E-state index is 6.15. The SMILES string of the molecule is Cl.Clc1ccccc1CNCc1cccc(Oc2ncccn2)c1. The lowest BCUT2D eigenvalue weighted by molar-refractivity contribution is 0.441. The fourth-order valence-electron chi connectivity index (χ4n) is 2.15. The van der Waals surface area contributed by atoms with Crippen LogP contribution in [0.1, 0.15) is 11.1 Å². The van der Waals surface area contributed by atoms with Crippen molar-refractivity contribution in [1.82, 2.24) is 15.3 Å². The molecule has 0 atom stereocenters. The van der Waals surface area contributed by atoms with E-state index in [0.717, 1.165) is 22.7 Å². The lowest BCUT2D eigenvalue weighted by Gasteiger charge is -2.08. The lowest BCUT2D eigenvalue weighted by atomic mass is 10.2. The molecule has 1 heterocycles. The van der Waals surface area contributed by atoms with Crippen LogP contribution in [0.25, 0.3) is 0 Å². The predicted octanol–water partition coefficient (Wildman–Crippen LogP) is 4.63. The minimum absolute atomic E-state index is 0. The van der Waals surface area contributed by atoms with E-state index in [1.165, 1.54) is 0 Å². The van der Waals surface area contributed by atoms with Crippen LogP contribution < -0.4 is 10.1 Å². The summed E-state index contributed by atoms with van der Waals surface area (Å²) >= 11 is 6.15. The standard InChI is InChI=1S/C18H16ClN3O.ClH/c19-17-8-2-1-6-15(17)13-20-12-14-5-3-7-16(11-14)23-18-21-9-4-10-22-18;/h1-11,20H,12-13H2;1H. The highest BCUT2D eigenvalue weighted by atomic mass is 35.5. The second-order valence-electron chi connectivity index (χ2n) is 4.98. The molecule has 0 bridgehead atoms. The maximum atomic E-state index is 6.15. The zero-order chi connectivity index (χ0) is 15.9. The molecule has 1 aromatic heterocycles. The Labute approximate surface area is 152 Å². The van der Waals surface area contributed by atoms with Gasteiger partial charge in [0.15, 0.2) is 0 Å². The van der Waals surface area contributed by atoms with Crippen LogP contribution in [0.3, 0.4) is 0 Å². The number of ether oxygens (including phenoxy) is 1. The summed E-state index contributed by atoms with van der Waals surface area (Å²) in [5.41, 5.74) is 2.20. The minimum atomic E-state index is 0. The van der Waals surface area contributed by atoms with Crippen molar-refractivity contribution in [3.8, 4) is 11.8 Å². The van der Waals surface area contributed by atoms with Gasteiger partial charge in [0.25, 0.3) is 0 Å². The topological polar surface area (TPSA) is 47.0 Å². The molecule has 0 aliphatic carbocycles. The Morgan fingerprint density at radius 3 is 2.50 bits per heavy atom. The molecule has 0 aliphatic heterocycles. The molecular formula is C18H17Cl2N3O. The van der Waals surface area contributed by atoms with Crippen molar-refractivity contribution in [3.63, 3.8) is 0 Å². The summed E-state index contributed by atoms with van der Waals surface area (Å²) < 4.78 is 5.63. The molecule has 3 rings (SSSR count). The minimum Gasteiger partial charge on any atom is -0.424 e. The van der Waals surface area contributed by atoms with E-state index >= 15 is 0 Å². The van der Waals surface area contributed by atoms with Gasteiger partial charge in [0.05, 0.1) is 0 Å². The van der Waals surface area contributed by atoms with Crippen LogP contribution in [0, 0.1) is 0 Å². The van der Waals surface area contributed by atoms with E-state index in [-0.39, 0.29) is 12.4 Å². The first-order valence-corrected chi connectivity index (χ1v) is 7.67. The van der Waals surface area contributed by atoms with E-state index in [4.69, 9.17) is 16.3 Å². The van der Waals surface area contributed by atoms with Crippen LogP contribution in [0.2, 0.25) is 5.02 Å². The van der Waals surface area contributed by atoms with Gasteiger partial charge in [-0.1, -0.05) is 41.9 Å². The number of aromatic nitrogens is 2. The van der Waals surface area contributed by atoms with E-state index in [9.17, 15) is 0 Å². The van der Waals surface area contributed by atoms with Crippen molar-refractivity contribution < 1.29 is 4.74 Å². The first-order chi connectivity index (χ1) is 11.3. The molecule has 24 heavy (non-hydrogen) atoms. The smallest absolute Gasteiger partial charge is 0.321 e. The Bertz CT molecular complexity index is 769. The second kappa shape index (κ2) is 9.23. The Hall–Kier alpha value is -2.14. The molecule has 2 aromatic carbocycles. The molecule has 3 aromatic rings. The highest BCUT2D eigenvalue weighted by Crippen LogP contribution is 2.19. The fraction of sp³-hybridized carbons (Fsp3) is 0.111. The molecule has 1 N–H and O–H groups in total. The Morgan fingerprint density at radius 2 is 1.71 bits per heavy atom. The van der Waals surface area contributed by atoms with E-state index in [1.807, 2.05) is 48.5 Å². The number of hydrogen-bond acceptors (Lipinski definition) is 4. The van der Waals surface area contributed by atoms with Gasteiger partial charge in [0.1, 0.15) is 5.75 Å². The van der Waals surface area contributed by atoms with Crippen molar-refractivity contribution in [2.45, 2.75) is 13.1 Å². The molecule has 4 nitrogen and oxygen atoms in total. The van der Waals surface area contributed by atoms with Crippen LogP contribution in [0.5, 0.6) is 11.8 Å². The zero-order valence-electron chi connectivity index (χ0n) is 12.9. The van der Waals surface area contributed by atoms with Crippen molar-refractivity contribution in [3.05, 3.63) is 83.1 Å². The molecule has 0 aliphatic rings. The van der Waals surface area contributed by atoms with Crippen LogP contribution in [0.4, 0.5) is 0 Å².